The average molecular weight is 276 g/mol. The zero-order valence-corrected chi connectivity index (χ0v) is 12.0. The smallest absolute Gasteiger partial charge is 0.187 e. The number of thiocarbonyl (C=S) groups is 1. The van der Waals surface area contributed by atoms with E-state index in [4.69, 9.17) is 12.2 Å². The highest BCUT2D eigenvalue weighted by Gasteiger charge is 2.21. The second-order valence-electron chi connectivity index (χ2n) is 5.00. The third kappa shape index (κ3) is 4.59. The number of hydrogen-bond donors (Lipinski definition) is 2. The molecule has 1 saturated carbocycles. The molecule has 5 heteroatoms. The summed E-state index contributed by atoms with van der Waals surface area (Å²) in [6.45, 7) is 2.28. The minimum atomic E-state index is 0.474. The van der Waals surface area contributed by atoms with E-state index in [2.05, 4.69) is 27.8 Å². The lowest BCUT2D eigenvalue weighted by Crippen LogP contribution is -2.44. The Morgan fingerprint density at radius 2 is 2.32 bits per heavy atom. The Labute approximate surface area is 119 Å². The van der Waals surface area contributed by atoms with Gasteiger partial charge in [0, 0.05) is 24.0 Å². The fourth-order valence-electron chi connectivity index (χ4n) is 2.35. The lowest BCUT2D eigenvalue weighted by molar-refractivity contribution is 0.308. The van der Waals surface area contributed by atoms with Crippen molar-refractivity contribution in [2.45, 2.75) is 38.6 Å². The van der Waals surface area contributed by atoms with Gasteiger partial charge in [-0.15, -0.1) is 0 Å². The summed E-state index contributed by atoms with van der Waals surface area (Å²) >= 11 is 5.25. The molecule has 0 unspecified atom stereocenters. The molecule has 2 N–H and O–H groups in total. The predicted octanol–water partition coefficient (Wildman–Crippen LogP) is 2.46. The van der Waals surface area contributed by atoms with E-state index < -0.39 is 0 Å². The summed E-state index contributed by atoms with van der Waals surface area (Å²) in [5, 5.41) is 8.06. The number of pyridine rings is 1. The van der Waals surface area contributed by atoms with Gasteiger partial charge in [-0.1, -0.05) is 25.8 Å². The summed E-state index contributed by atoms with van der Waals surface area (Å²) in [5.41, 5.74) is 3.81. The van der Waals surface area contributed by atoms with Crippen molar-refractivity contribution >= 4 is 23.5 Å². The van der Waals surface area contributed by atoms with Crippen molar-refractivity contribution in [2.75, 3.05) is 0 Å². The Hall–Kier alpha value is -1.49. The molecule has 1 aliphatic carbocycles. The molecule has 0 radical (unpaired) electrons. The van der Waals surface area contributed by atoms with Crippen LogP contribution in [0.3, 0.4) is 0 Å². The largest absolute Gasteiger partial charge is 0.358 e. The fourth-order valence-corrected chi connectivity index (χ4v) is 2.55. The van der Waals surface area contributed by atoms with Crippen LogP contribution in [0.15, 0.2) is 29.6 Å². The molecule has 0 spiro atoms. The summed E-state index contributed by atoms with van der Waals surface area (Å²) in [7, 11) is 0. The summed E-state index contributed by atoms with van der Waals surface area (Å²) in [6.07, 6.45) is 10.3. The van der Waals surface area contributed by atoms with Gasteiger partial charge in [0.2, 0.25) is 0 Å². The zero-order chi connectivity index (χ0) is 13.5. The highest BCUT2D eigenvalue weighted by atomic mass is 32.1. The first-order chi connectivity index (χ1) is 9.25. The SMILES string of the molecule is C[C@@H]1CCCC[C@@H]1NC(=S)N/N=C\c1cccnc1. The van der Waals surface area contributed by atoms with E-state index in [1.807, 2.05) is 12.1 Å². The molecule has 2 rings (SSSR count). The van der Waals surface area contributed by atoms with Gasteiger partial charge in [-0.05, 0) is 37.0 Å². The highest BCUT2D eigenvalue weighted by Crippen LogP contribution is 2.23. The number of rotatable bonds is 3. The van der Waals surface area contributed by atoms with Crippen LogP contribution in [0.25, 0.3) is 0 Å². The van der Waals surface area contributed by atoms with Crippen molar-refractivity contribution in [3.63, 3.8) is 0 Å². The van der Waals surface area contributed by atoms with E-state index in [1.165, 1.54) is 25.7 Å². The zero-order valence-electron chi connectivity index (χ0n) is 11.2. The van der Waals surface area contributed by atoms with E-state index in [0.717, 1.165) is 5.56 Å². The van der Waals surface area contributed by atoms with Crippen LogP contribution >= 0.6 is 12.2 Å². The summed E-state index contributed by atoms with van der Waals surface area (Å²) < 4.78 is 0. The molecule has 1 aromatic rings. The van der Waals surface area contributed by atoms with Crippen molar-refractivity contribution in [3.05, 3.63) is 30.1 Å². The summed E-state index contributed by atoms with van der Waals surface area (Å²) in [6, 6.07) is 4.29. The van der Waals surface area contributed by atoms with Gasteiger partial charge in [0.25, 0.3) is 0 Å². The number of nitrogens with one attached hydrogen (secondary N) is 2. The topological polar surface area (TPSA) is 49.3 Å². The van der Waals surface area contributed by atoms with Crippen molar-refractivity contribution in [1.82, 2.24) is 15.7 Å². The van der Waals surface area contributed by atoms with Gasteiger partial charge < -0.3 is 5.32 Å². The monoisotopic (exact) mass is 276 g/mol. The minimum absolute atomic E-state index is 0.474. The normalized spacial score (nSPS) is 23.2. The van der Waals surface area contributed by atoms with Gasteiger partial charge in [-0.25, -0.2) is 0 Å². The lowest BCUT2D eigenvalue weighted by atomic mass is 9.86. The molecule has 0 saturated heterocycles. The van der Waals surface area contributed by atoms with Crippen LogP contribution in [0, 0.1) is 5.92 Å². The molecule has 1 heterocycles. The molecule has 4 nitrogen and oxygen atoms in total. The maximum atomic E-state index is 5.25. The summed E-state index contributed by atoms with van der Waals surface area (Å²) in [4.78, 5) is 4.02. The van der Waals surface area contributed by atoms with Crippen LogP contribution < -0.4 is 10.7 Å². The third-order valence-electron chi connectivity index (χ3n) is 3.49. The number of aromatic nitrogens is 1. The van der Waals surface area contributed by atoms with E-state index in [1.54, 1.807) is 18.6 Å². The molecule has 102 valence electrons. The highest BCUT2D eigenvalue weighted by molar-refractivity contribution is 7.80. The maximum Gasteiger partial charge on any atom is 0.187 e. The second-order valence-corrected chi connectivity index (χ2v) is 5.41. The van der Waals surface area contributed by atoms with Crippen LogP contribution in [0.2, 0.25) is 0 Å². The molecule has 0 bridgehead atoms. The Kier molecular flexibility index (Phi) is 5.27. The quantitative estimate of drug-likeness (QED) is 0.506. The van der Waals surface area contributed by atoms with E-state index in [-0.39, 0.29) is 0 Å². The summed E-state index contributed by atoms with van der Waals surface area (Å²) in [5.74, 6) is 0.677. The van der Waals surface area contributed by atoms with Gasteiger partial charge in [0.05, 0.1) is 6.21 Å². The van der Waals surface area contributed by atoms with Crippen LogP contribution in [-0.4, -0.2) is 22.4 Å². The average Bonchev–Trinajstić information content (AvgIpc) is 2.43. The molecule has 1 fully saturated rings. The molecule has 19 heavy (non-hydrogen) atoms. The van der Waals surface area contributed by atoms with Gasteiger partial charge in [-0.3, -0.25) is 10.4 Å². The van der Waals surface area contributed by atoms with Gasteiger partial charge in [-0.2, -0.15) is 5.10 Å². The van der Waals surface area contributed by atoms with E-state index >= 15 is 0 Å². The first-order valence-electron chi connectivity index (χ1n) is 6.75. The van der Waals surface area contributed by atoms with Crippen molar-refractivity contribution in [3.8, 4) is 0 Å². The van der Waals surface area contributed by atoms with Crippen LogP contribution in [0.5, 0.6) is 0 Å². The van der Waals surface area contributed by atoms with Crippen molar-refractivity contribution in [1.29, 1.82) is 0 Å². The van der Waals surface area contributed by atoms with Crippen LogP contribution in [-0.2, 0) is 0 Å². The Morgan fingerprint density at radius 1 is 1.47 bits per heavy atom. The number of nitrogens with zero attached hydrogens (tertiary/aromatic N) is 2. The predicted molar refractivity (Wildman–Crippen MR) is 82.1 cm³/mol. The molecule has 0 aliphatic heterocycles. The van der Waals surface area contributed by atoms with Crippen molar-refractivity contribution in [2.24, 2.45) is 11.0 Å². The Balaban J connectivity index is 1.77. The van der Waals surface area contributed by atoms with Gasteiger partial charge in [0.1, 0.15) is 0 Å². The van der Waals surface area contributed by atoms with Crippen LogP contribution in [0.1, 0.15) is 38.2 Å². The Morgan fingerprint density at radius 3 is 3.05 bits per heavy atom. The standard InChI is InChI=1S/C14H20N4S/c1-11-5-2-3-7-13(11)17-14(19)18-16-10-12-6-4-8-15-9-12/h4,6,8-11,13H,2-3,5,7H2,1H3,(H2,17,18,19)/b16-10-/t11-,13+/m1/s1. The minimum Gasteiger partial charge on any atom is -0.358 e. The number of hydrogen-bond acceptors (Lipinski definition) is 3. The molecule has 1 aromatic heterocycles. The number of hydrazone groups is 1. The van der Waals surface area contributed by atoms with Gasteiger partial charge >= 0.3 is 0 Å². The third-order valence-corrected chi connectivity index (χ3v) is 3.70. The van der Waals surface area contributed by atoms with Crippen molar-refractivity contribution < 1.29 is 0 Å². The Bertz CT molecular complexity index is 432. The fraction of sp³-hybridized carbons (Fsp3) is 0.500. The first-order valence-corrected chi connectivity index (χ1v) is 7.16. The molecule has 1 aliphatic rings. The molecule has 0 aromatic carbocycles. The second kappa shape index (κ2) is 7.19. The maximum absolute atomic E-state index is 5.25. The lowest BCUT2D eigenvalue weighted by Gasteiger charge is -2.30. The van der Waals surface area contributed by atoms with E-state index in [0.29, 0.717) is 17.1 Å². The first kappa shape index (κ1) is 13.9. The molecular formula is C14H20N4S. The van der Waals surface area contributed by atoms with Crippen LogP contribution in [0.4, 0.5) is 0 Å². The molecule has 2 atom stereocenters. The molecule has 0 amide bonds. The molecular weight excluding hydrogens is 256 g/mol. The van der Waals surface area contributed by atoms with Gasteiger partial charge in [0.15, 0.2) is 5.11 Å². The van der Waals surface area contributed by atoms with E-state index in [9.17, 15) is 0 Å².